The number of carbonyl (C=O) groups is 1. The molecule has 1 aliphatic heterocycles. The number of rotatable bonds is 10. The van der Waals surface area contributed by atoms with Gasteiger partial charge in [0.1, 0.15) is 27.4 Å². The van der Waals surface area contributed by atoms with E-state index in [1.54, 1.807) is 29.2 Å². The van der Waals surface area contributed by atoms with Crippen LogP contribution in [-0.4, -0.2) is 81.2 Å². The molecule has 0 N–H and O–H groups in total. The van der Waals surface area contributed by atoms with Gasteiger partial charge in [-0.25, -0.2) is 12.8 Å². The van der Waals surface area contributed by atoms with Crippen molar-refractivity contribution < 1.29 is 30.2 Å². The molecule has 1 amide bonds. The minimum atomic E-state index is -4.11. The summed E-state index contributed by atoms with van der Waals surface area (Å²) >= 11 is 0. The van der Waals surface area contributed by atoms with E-state index >= 15 is 0 Å². The van der Waals surface area contributed by atoms with Crippen LogP contribution in [0.2, 0.25) is 0 Å². The number of carbonyl (C=O) groups excluding carboxylic acids is 1. The number of likely N-dealkylation sites (N-methyl/N-ethyl adjacent to an activating group) is 1. The lowest BCUT2D eigenvalue weighted by Gasteiger charge is -2.39. The van der Waals surface area contributed by atoms with E-state index in [0.29, 0.717) is 31.7 Å². The van der Waals surface area contributed by atoms with Crippen molar-refractivity contribution in [3.63, 3.8) is 0 Å². The smallest absolute Gasteiger partial charge is 0.340 e. The normalized spacial score (nSPS) is 14.8. The number of piperazine rings is 1. The SMILES string of the molecule is CN([C@@H](Cc1ccc(OS(=O)(=O)c2cccnc2)cc1)C(=O)N1CCN(c2ccc(F)cc2)CC1)S(=O)(=O)c1cccnc1. The second-order valence-corrected chi connectivity index (χ2v) is 13.6. The lowest BCUT2D eigenvalue weighted by molar-refractivity contribution is -0.135. The zero-order chi connectivity index (χ0) is 31.3. The van der Waals surface area contributed by atoms with E-state index in [1.807, 2.05) is 4.90 Å². The number of pyridine rings is 2. The second kappa shape index (κ2) is 13.1. The maximum absolute atomic E-state index is 13.9. The van der Waals surface area contributed by atoms with Crippen LogP contribution in [0.15, 0.2) is 107 Å². The third-order valence-electron chi connectivity index (χ3n) is 7.30. The standard InChI is InChI=1S/C30H30FN5O6S2/c1-34(43(38,39)27-4-2-14-32-21-27)29(30(37)36-18-16-35(17-19-36)25-10-8-24(31)9-11-25)20-23-6-12-26(13-7-23)42-44(40,41)28-5-3-15-33-22-28/h2-15,21-22,29H,16-20H2,1H3/t29-/m0/s1. The molecule has 2 aromatic carbocycles. The molecular weight excluding hydrogens is 609 g/mol. The Morgan fingerprint density at radius 3 is 2.02 bits per heavy atom. The molecule has 0 aliphatic carbocycles. The molecule has 1 saturated heterocycles. The van der Waals surface area contributed by atoms with Gasteiger partial charge in [0.25, 0.3) is 0 Å². The average molecular weight is 640 g/mol. The maximum atomic E-state index is 13.9. The van der Waals surface area contributed by atoms with Gasteiger partial charge in [0.05, 0.1) is 0 Å². The first-order valence-corrected chi connectivity index (χ1v) is 16.5. The lowest BCUT2D eigenvalue weighted by atomic mass is 10.0. The van der Waals surface area contributed by atoms with Gasteiger partial charge in [0.15, 0.2) is 0 Å². The Kier molecular flexibility index (Phi) is 9.22. The van der Waals surface area contributed by atoms with Crippen LogP contribution in [-0.2, 0) is 31.4 Å². The van der Waals surface area contributed by atoms with Gasteiger partial charge in [0.2, 0.25) is 15.9 Å². The number of anilines is 1. The Morgan fingerprint density at radius 1 is 0.864 bits per heavy atom. The summed E-state index contributed by atoms with van der Waals surface area (Å²) in [6.45, 7) is 1.65. The van der Waals surface area contributed by atoms with Crippen molar-refractivity contribution in [1.82, 2.24) is 19.2 Å². The molecule has 0 unspecified atom stereocenters. The zero-order valence-corrected chi connectivity index (χ0v) is 25.4. The fraction of sp³-hybridized carbons (Fsp3) is 0.233. The van der Waals surface area contributed by atoms with Crippen LogP contribution in [0.5, 0.6) is 5.75 Å². The van der Waals surface area contributed by atoms with Crippen molar-refractivity contribution in [2.45, 2.75) is 22.3 Å². The summed E-state index contributed by atoms with van der Waals surface area (Å²) in [6, 6.07) is 16.8. The third kappa shape index (κ3) is 7.04. The van der Waals surface area contributed by atoms with E-state index in [2.05, 4.69) is 9.97 Å². The Labute approximate surface area is 255 Å². The topological polar surface area (TPSA) is 130 Å². The van der Waals surface area contributed by atoms with Crippen LogP contribution < -0.4 is 9.08 Å². The molecule has 44 heavy (non-hydrogen) atoms. The van der Waals surface area contributed by atoms with Gasteiger partial charge in [-0.1, -0.05) is 12.1 Å². The Bertz CT molecular complexity index is 1790. The van der Waals surface area contributed by atoms with Crippen LogP contribution in [0.1, 0.15) is 5.56 Å². The van der Waals surface area contributed by atoms with Crippen LogP contribution in [0.25, 0.3) is 0 Å². The van der Waals surface area contributed by atoms with Crippen molar-refractivity contribution in [3.8, 4) is 5.75 Å². The Hall–Kier alpha value is -4.40. The molecule has 230 valence electrons. The molecule has 11 nitrogen and oxygen atoms in total. The first-order valence-electron chi connectivity index (χ1n) is 13.7. The third-order valence-corrected chi connectivity index (χ3v) is 10.4. The van der Waals surface area contributed by atoms with Gasteiger partial charge in [-0.15, -0.1) is 0 Å². The van der Waals surface area contributed by atoms with Gasteiger partial charge >= 0.3 is 10.1 Å². The van der Waals surface area contributed by atoms with Gasteiger partial charge in [-0.05, 0) is 72.6 Å². The minimum absolute atomic E-state index is 0.0165. The molecule has 1 atom stereocenters. The summed E-state index contributed by atoms with van der Waals surface area (Å²) in [6.07, 6.45) is 5.33. The summed E-state index contributed by atoms with van der Waals surface area (Å²) in [5.41, 5.74) is 1.42. The summed E-state index contributed by atoms with van der Waals surface area (Å²) < 4.78 is 71.9. The van der Waals surface area contributed by atoms with E-state index in [1.165, 1.54) is 80.4 Å². The molecule has 1 aliphatic rings. The molecule has 0 saturated carbocycles. The second-order valence-electron chi connectivity index (χ2n) is 10.1. The number of benzene rings is 2. The largest absolute Gasteiger partial charge is 0.379 e. The lowest BCUT2D eigenvalue weighted by Crippen LogP contribution is -2.56. The van der Waals surface area contributed by atoms with Crippen molar-refractivity contribution in [2.24, 2.45) is 0 Å². The quantitative estimate of drug-likeness (QED) is 0.241. The Balaban J connectivity index is 1.35. The first-order chi connectivity index (χ1) is 21.0. The highest BCUT2D eigenvalue weighted by Crippen LogP contribution is 2.24. The number of nitrogens with zero attached hydrogens (tertiary/aromatic N) is 5. The van der Waals surface area contributed by atoms with Crippen molar-refractivity contribution in [1.29, 1.82) is 0 Å². The summed E-state index contributed by atoms with van der Waals surface area (Å²) in [5, 5.41) is 0. The first kappa shape index (κ1) is 31.0. The molecule has 0 radical (unpaired) electrons. The molecule has 0 bridgehead atoms. The van der Waals surface area contributed by atoms with Crippen molar-refractivity contribution in [3.05, 3.63) is 109 Å². The molecule has 1 fully saturated rings. The molecule has 14 heteroatoms. The van der Waals surface area contributed by atoms with Crippen molar-refractivity contribution >= 4 is 31.7 Å². The number of hydrogen-bond donors (Lipinski definition) is 0. The molecule has 4 aromatic rings. The predicted octanol–water partition coefficient (Wildman–Crippen LogP) is 2.96. The molecule has 0 spiro atoms. The highest BCUT2D eigenvalue weighted by Gasteiger charge is 2.36. The van der Waals surface area contributed by atoms with Gasteiger partial charge in [0, 0.05) is 63.7 Å². The van der Waals surface area contributed by atoms with E-state index in [0.717, 1.165) is 9.99 Å². The number of halogens is 1. The summed E-state index contributed by atoms with van der Waals surface area (Å²) in [4.78, 5) is 25.2. The maximum Gasteiger partial charge on any atom is 0.340 e. The van der Waals surface area contributed by atoms with Gasteiger partial charge in [-0.2, -0.15) is 12.7 Å². The number of amides is 1. The molecule has 2 aromatic heterocycles. The minimum Gasteiger partial charge on any atom is -0.379 e. The predicted molar refractivity (Wildman–Crippen MR) is 160 cm³/mol. The van der Waals surface area contributed by atoms with Gasteiger partial charge < -0.3 is 14.0 Å². The molecular formula is C30H30FN5O6S2. The van der Waals surface area contributed by atoms with Crippen LogP contribution >= 0.6 is 0 Å². The fourth-order valence-corrected chi connectivity index (χ4v) is 7.00. The highest BCUT2D eigenvalue weighted by atomic mass is 32.2. The van der Waals surface area contributed by atoms with E-state index in [4.69, 9.17) is 4.18 Å². The Morgan fingerprint density at radius 2 is 1.45 bits per heavy atom. The summed E-state index contributed by atoms with van der Waals surface area (Å²) in [5.74, 6) is -0.662. The highest BCUT2D eigenvalue weighted by molar-refractivity contribution is 7.89. The fourth-order valence-electron chi connectivity index (χ4n) is 4.83. The van der Waals surface area contributed by atoms with E-state index in [9.17, 15) is 26.0 Å². The van der Waals surface area contributed by atoms with Crippen LogP contribution in [0, 0.1) is 5.82 Å². The molecule has 3 heterocycles. The number of aromatic nitrogens is 2. The molecule has 5 rings (SSSR count). The van der Waals surface area contributed by atoms with E-state index < -0.39 is 26.2 Å². The monoisotopic (exact) mass is 639 g/mol. The number of sulfonamides is 1. The average Bonchev–Trinajstić information content (AvgIpc) is 3.05. The van der Waals surface area contributed by atoms with Crippen LogP contribution in [0.4, 0.5) is 10.1 Å². The van der Waals surface area contributed by atoms with E-state index in [-0.39, 0.29) is 33.7 Å². The summed E-state index contributed by atoms with van der Waals surface area (Å²) in [7, 11) is -6.84. The number of hydrogen-bond acceptors (Lipinski definition) is 9. The van der Waals surface area contributed by atoms with Crippen molar-refractivity contribution in [2.75, 3.05) is 38.1 Å². The van der Waals surface area contributed by atoms with Crippen LogP contribution in [0.3, 0.4) is 0 Å². The van der Waals surface area contributed by atoms with Gasteiger partial charge in [-0.3, -0.25) is 14.8 Å². The zero-order valence-electron chi connectivity index (χ0n) is 23.7.